The molecule has 9 heteroatoms. The van der Waals surface area contributed by atoms with Crippen molar-refractivity contribution in [3.8, 4) is 0 Å². The summed E-state index contributed by atoms with van der Waals surface area (Å²) >= 11 is -2.15. The third-order valence-electron chi connectivity index (χ3n) is 3.82. The van der Waals surface area contributed by atoms with Crippen LogP contribution in [0.5, 0.6) is 0 Å². The van der Waals surface area contributed by atoms with Gasteiger partial charge in [0.25, 0.3) is 17.2 Å². The first-order valence-electron chi connectivity index (χ1n) is 8.02. The van der Waals surface area contributed by atoms with Crippen molar-refractivity contribution in [1.82, 2.24) is 9.80 Å². The van der Waals surface area contributed by atoms with Gasteiger partial charge in [0.05, 0.1) is 6.10 Å². The van der Waals surface area contributed by atoms with Crippen LogP contribution in [0.2, 0.25) is 0 Å². The van der Waals surface area contributed by atoms with Gasteiger partial charge in [-0.3, -0.25) is 14.1 Å². The SMILES string of the molecule is CC(C)OC(=O)N1CCN(C(=O)c2ccc(NS(=O)O)cc2)[C@@H](C)C1. The molecule has 0 spiro atoms. The van der Waals surface area contributed by atoms with Gasteiger partial charge in [-0.2, -0.15) is 0 Å². The monoisotopic (exact) mass is 369 g/mol. The summed E-state index contributed by atoms with van der Waals surface area (Å²) in [4.78, 5) is 28.0. The summed E-state index contributed by atoms with van der Waals surface area (Å²) in [6.45, 7) is 6.74. The van der Waals surface area contributed by atoms with Gasteiger partial charge in [-0.15, -0.1) is 0 Å². The molecule has 0 aliphatic carbocycles. The van der Waals surface area contributed by atoms with Crippen LogP contribution in [0.15, 0.2) is 24.3 Å². The van der Waals surface area contributed by atoms with Gasteiger partial charge >= 0.3 is 6.09 Å². The zero-order valence-corrected chi connectivity index (χ0v) is 15.3. The Balaban J connectivity index is 1.99. The van der Waals surface area contributed by atoms with Crippen molar-refractivity contribution in [2.24, 2.45) is 0 Å². The van der Waals surface area contributed by atoms with E-state index in [2.05, 4.69) is 4.72 Å². The lowest BCUT2D eigenvalue weighted by Crippen LogP contribution is -2.55. The maximum absolute atomic E-state index is 12.7. The van der Waals surface area contributed by atoms with Crippen molar-refractivity contribution < 1.29 is 23.1 Å². The van der Waals surface area contributed by atoms with Crippen LogP contribution in [0, 0.1) is 0 Å². The topological polar surface area (TPSA) is 99.2 Å². The third kappa shape index (κ3) is 5.17. The minimum atomic E-state index is -2.15. The number of anilines is 1. The zero-order valence-electron chi connectivity index (χ0n) is 14.5. The van der Waals surface area contributed by atoms with Crippen LogP contribution in [0.4, 0.5) is 10.5 Å². The molecule has 0 bridgehead atoms. The highest BCUT2D eigenvalue weighted by atomic mass is 32.2. The van der Waals surface area contributed by atoms with Gasteiger partial charge in [-0.1, -0.05) is 0 Å². The Kier molecular flexibility index (Phi) is 6.38. The van der Waals surface area contributed by atoms with Gasteiger partial charge in [0.2, 0.25) is 0 Å². The van der Waals surface area contributed by atoms with Crippen LogP contribution < -0.4 is 4.72 Å². The number of rotatable bonds is 4. The van der Waals surface area contributed by atoms with Crippen LogP contribution in [0.3, 0.4) is 0 Å². The highest BCUT2D eigenvalue weighted by molar-refractivity contribution is 7.80. The number of benzene rings is 1. The predicted octanol–water partition coefficient (Wildman–Crippen LogP) is 1.93. The molecule has 1 heterocycles. The molecule has 1 aromatic carbocycles. The lowest BCUT2D eigenvalue weighted by Gasteiger charge is -2.39. The van der Waals surface area contributed by atoms with Gasteiger partial charge < -0.3 is 14.5 Å². The molecule has 2 amide bonds. The summed E-state index contributed by atoms with van der Waals surface area (Å²) in [6.07, 6.45) is -0.538. The third-order valence-corrected chi connectivity index (χ3v) is 4.23. The van der Waals surface area contributed by atoms with E-state index in [4.69, 9.17) is 9.29 Å². The molecule has 2 rings (SSSR count). The number of ether oxygens (including phenoxy) is 1. The lowest BCUT2D eigenvalue weighted by molar-refractivity contribution is 0.0338. The number of hydrogen-bond acceptors (Lipinski definition) is 4. The Morgan fingerprint density at radius 3 is 2.44 bits per heavy atom. The van der Waals surface area contributed by atoms with E-state index in [9.17, 15) is 13.8 Å². The molecular weight excluding hydrogens is 346 g/mol. The Labute approximate surface area is 149 Å². The van der Waals surface area contributed by atoms with E-state index in [1.807, 2.05) is 6.92 Å². The first-order chi connectivity index (χ1) is 11.8. The molecular formula is C16H23N3O5S. The number of hydrogen-bond donors (Lipinski definition) is 2. The summed E-state index contributed by atoms with van der Waals surface area (Å²) in [5.74, 6) is -0.138. The molecule has 1 aromatic rings. The predicted molar refractivity (Wildman–Crippen MR) is 94.5 cm³/mol. The number of carbonyl (C=O) groups is 2. The van der Waals surface area contributed by atoms with Crippen LogP contribution in [0.1, 0.15) is 31.1 Å². The number of nitrogens with zero attached hydrogens (tertiary/aromatic N) is 2. The summed E-state index contributed by atoms with van der Waals surface area (Å²) in [5.41, 5.74) is 0.936. The minimum Gasteiger partial charge on any atom is -0.447 e. The van der Waals surface area contributed by atoms with Crippen molar-refractivity contribution in [2.75, 3.05) is 24.4 Å². The first-order valence-corrected chi connectivity index (χ1v) is 9.12. The van der Waals surface area contributed by atoms with Crippen LogP contribution in [-0.2, 0) is 16.0 Å². The van der Waals surface area contributed by atoms with Gasteiger partial charge in [0, 0.05) is 36.9 Å². The molecule has 25 heavy (non-hydrogen) atoms. The van der Waals surface area contributed by atoms with E-state index in [1.165, 1.54) is 0 Å². The normalized spacial score (nSPS) is 18.8. The van der Waals surface area contributed by atoms with Crippen molar-refractivity contribution in [3.05, 3.63) is 29.8 Å². The second kappa shape index (κ2) is 8.30. The van der Waals surface area contributed by atoms with Gasteiger partial charge in [-0.25, -0.2) is 9.00 Å². The van der Waals surface area contributed by atoms with Gasteiger partial charge in [0.15, 0.2) is 0 Å². The molecule has 0 saturated carbocycles. The molecule has 2 atom stereocenters. The quantitative estimate of drug-likeness (QED) is 0.790. The van der Waals surface area contributed by atoms with Crippen molar-refractivity contribution in [3.63, 3.8) is 0 Å². The highest BCUT2D eigenvalue weighted by Gasteiger charge is 2.31. The number of piperazine rings is 1. The fourth-order valence-corrected chi connectivity index (χ4v) is 2.99. The molecule has 1 fully saturated rings. The Bertz CT molecular complexity index is 650. The molecule has 2 N–H and O–H groups in total. The van der Waals surface area contributed by atoms with Gasteiger partial charge in [0.1, 0.15) is 0 Å². The summed E-state index contributed by atoms with van der Waals surface area (Å²) in [5, 5.41) is 0. The smallest absolute Gasteiger partial charge is 0.410 e. The molecule has 1 aliphatic rings. The van der Waals surface area contributed by atoms with Crippen molar-refractivity contribution in [2.45, 2.75) is 32.9 Å². The number of nitrogens with one attached hydrogen (secondary N) is 1. The zero-order chi connectivity index (χ0) is 18.6. The highest BCUT2D eigenvalue weighted by Crippen LogP contribution is 2.17. The van der Waals surface area contributed by atoms with E-state index in [-0.39, 0.29) is 24.1 Å². The fraction of sp³-hybridized carbons (Fsp3) is 0.500. The number of carbonyl (C=O) groups excluding carboxylic acids is 2. The number of amides is 2. The molecule has 0 aromatic heterocycles. The van der Waals surface area contributed by atoms with Gasteiger partial charge in [-0.05, 0) is 45.0 Å². The summed E-state index contributed by atoms with van der Waals surface area (Å²) in [7, 11) is 0. The van der Waals surface area contributed by atoms with E-state index in [0.717, 1.165) is 0 Å². The van der Waals surface area contributed by atoms with E-state index in [0.29, 0.717) is 30.9 Å². The average Bonchev–Trinajstić information content (AvgIpc) is 2.53. The largest absolute Gasteiger partial charge is 0.447 e. The standard InChI is InChI=1S/C16H23N3O5S/c1-11(2)24-16(21)18-8-9-19(12(3)10-18)15(20)13-4-6-14(7-5-13)17-25(22)23/h4-7,11-12,17H,8-10H2,1-3H3,(H,22,23)/t12-/m0/s1. The molecule has 0 radical (unpaired) electrons. The van der Waals surface area contributed by atoms with Crippen LogP contribution in [0.25, 0.3) is 0 Å². The Hall–Kier alpha value is -2.13. The Morgan fingerprint density at radius 2 is 1.92 bits per heavy atom. The molecule has 1 aliphatic heterocycles. The second-order valence-electron chi connectivity index (χ2n) is 6.15. The lowest BCUT2D eigenvalue weighted by atomic mass is 10.1. The maximum Gasteiger partial charge on any atom is 0.410 e. The summed E-state index contributed by atoms with van der Waals surface area (Å²) < 4.78 is 27.0. The van der Waals surface area contributed by atoms with E-state index in [1.54, 1.807) is 47.9 Å². The fourth-order valence-electron chi connectivity index (χ4n) is 2.65. The maximum atomic E-state index is 12.7. The van der Waals surface area contributed by atoms with Crippen molar-refractivity contribution >= 4 is 29.0 Å². The second-order valence-corrected chi connectivity index (χ2v) is 6.86. The van der Waals surface area contributed by atoms with E-state index >= 15 is 0 Å². The van der Waals surface area contributed by atoms with Crippen molar-refractivity contribution in [1.29, 1.82) is 0 Å². The minimum absolute atomic E-state index is 0.135. The molecule has 1 saturated heterocycles. The Morgan fingerprint density at radius 1 is 1.28 bits per heavy atom. The molecule has 8 nitrogen and oxygen atoms in total. The summed E-state index contributed by atoms with van der Waals surface area (Å²) in [6, 6.07) is 6.21. The average molecular weight is 369 g/mol. The first kappa shape index (κ1) is 19.2. The van der Waals surface area contributed by atoms with Crippen LogP contribution in [-0.4, -0.2) is 62.3 Å². The molecule has 138 valence electrons. The molecule has 1 unspecified atom stereocenters. The van der Waals surface area contributed by atoms with E-state index < -0.39 is 11.3 Å². The van der Waals surface area contributed by atoms with Crippen LogP contribution >= 0.6 is 0 Å².